The topological polar surface area (TPSA) is 57.5 Å². The molecule has 1 aliphatic rings. The van der Waals surface area contributed by atoms with E-state index in [1.165, 1.54) is 0 Å². The SMILES string of the molecule is CC(C)(CO)C1(CC(=O)O)CC1. The van der Waals surface area contributed by atoms with Crippen LogP contribution in [0.5, 0.6) is 0 Å². The number of aliphatic carboxylic acids is 1. The van der Waals surface area contributed by atoms with Gasteiger partial charge in [-0.25, -0.2) is 0 Å². The van der Waals surface area contributed by atoms with Gasteiger partial charge < -0.3 is 10.2 Å². The van der Waals surface area contributed by atoms with Crippen molar-refractivity contribution in [2.75, 3.05) is 6.61 Å². The van der Waals surface area contributed by atoms with Gasteiger partial charge in [0.15, 0.2) is 0 Å². The summed E-state index contributed by atoms with van der Waals surface area (Å²) in [6, 6.07) is 0. The minimum atomic E-state index is -0.756. The standard InChI is InChI=1S/C9H16O3/c1-8(2,6-10)9(3-4-9)5-7(11)12/h10H,3-6H2,1-2H3,(H,11,12). The number of carboxylic acid groups (broad SMARTS) is 1. The first-order chi connectivity index (χ1) is 5.43. The average Bonchev–Trinajstić information content (AvgIpc) is 2.68. The molecule has 1 fully saturated rings. The van der Waals surface area contributed by atoms with Crippen LogP contribution in [0.4, 0.5) is 0 Å². The average molecular weight is 172 g/mol. The Hall–Kier alpha value is -0.570. The van der Waals surface area contributed by atoms with Crippen molar-refractivity contribution >= 4 is 5.97 Å². The van der Waals surface area contributed by atoms with Crippen molar-refractivity contribution in [3.63, 3.8) is 0 Å². The molecular weight excluding hydrogens is 156 g/mol. The van der Waals surface area contributed by atoms with Crippen LogP contribution in [0.15, 0.2) is 0 Å². The molecule has 3 nitrogen and oxygen atoms in total. The smallest absolute Gasteiger partial charge is 0.303 e. The van der Waals surface area contributed by atoms with Gasteiger partial charge in [0.2, 0.25) is 0 Å². The number of carboxylic acids is 1. The van der Waals surface area contributed by atoms with E-state index in [0.29, 0.717) is 0 Å². The third kappa shape index (κ3) is 1.46. The lowest BCUT2D eigenvalue weighted by Crippen LogP contribution is -2.31. The number of carbonyl (C=O) groups is 1. The van der Waals surface area contributed by atoms with E-state index in [9.17, 15) is 4.79 Å². The molecule has 0 saturated heterocycles. The van der Waals surface area contributed by atoms with Gasteiger partial charge in [-0.15, -0.1) is 0 Å². The maximum Gasteiger partial charge on any atom is 0.303 e. The van der Waals surface area contributed by atoms with Gasteiger partial charge in [0.1, 0.15) is 0 Å². The summed E-state index contributed by atoms with van der Waals surface area (Å²) in [7, 11) is 0. The number of aliphatic hydroxyl groups excluding tert-OH is 1. The molecule has 0 heterocycles. The predicted molar refractivity (Wildman–Crippen MR) is 44.8 cm³/mol. The van der Waals surface area contributed by atoms with Gasteiger partial charge in [0, 0.05) is 6.61 Å². The molecule has 1 aliphatic carbocycles. The lowest BCUT2D eigenvalue weighted by molar-refractivity contribution is -0.140. The highest BCUT2D eigenvalue weighted by molar-refractivity contribution is 5.68. The maximum absolute atomic E-state index is 10.5. The molecule has 0 aromatic carbocycles. The van der Waals surface area contributed by atoms with Crippen molar-refractivity contribution in [2.24, 2.45) is 10.8 Å². The summed E-state index contributed by atoms with van der Waals surface area (Å²) >= 11 is 0. The second-order valence-electron chi connectivity index (χ2n) is 4.39. The van der Waals surface area contributed by atoms with E-state index in [0.717, 1.165) is 12.8 Å². The van der Waals surface area contributed by atoms with Gasteiger partial charge >= 0.3 is 5.97 Å². The summed E-state index contributed by atoms with van der Waals surface area (Å²) < 4.78 is 0. The zero-order valence-corrected chi connectivity index (χ0v) is 7.63. The Morgan fingerprint density at radius 3 is 2.25 bits per heavy atom. The molecule has 1 saturated carbocycles. The first-order valence-corrected chi connectivity index (χ1v) is 4.26. The van der Waals surface area contributed by atoms with Gasteiger partial charge in [-0.1, -0.05) is 13.8 Å². The fourth-order valence-corrected chi connectivity index (χ4v) is 1.70. The lowest BCUT2D eigenvalue weighted by Gasteiger charge is -2.31. The molecule has 3 heteroatoms. The summed E-state index contributed by atoms with van der Waals surface area (Å²) in [5.41, 5.74) is -0.376. The number of hydrogen-bond donors (Lipinski definition) is 2. The Morgan fingerprint density at radius 1 is 1.50 bits per heavy atom. The monoisotopic (exact) mass is 172 g/mol. The van der Waals surface area contributed by atoms with Crippen LogP contribution in [0, 0.1) is 10.8 Å². The minimum Gasteiger partial charge on any atom is -0.481 e. The van der Waals surface area contributed by atoms with Crippen LogP contribution in [0.25, 0.3) is 0 Å². The van der Waals surface area contributed by atoms with E-state index in [2.05, 4.69) is 0 Å². The third-order valence-electron chi connectivity index (χ3n) is 3.17. The fourth-order valence-electron chi connectivity index (χ4n) is 1.70. The van der Waals surface area contributed by atoms with E-state index in [1.54, 1.807) is 0 Å². The Kier molecular flexibility index (Phi) is 2.17. The van der Waals surface area contributed by atoms with Crippen molar-refractivity contribution in [1.82, 2.24) is 0 Å². The van der Waals surface area contributed by atoms with Crippen LogP contribution in [0.3, 0.4) is 0 Å². The fraction of sp³-hybridized carbons (Fsp3) is 0.889. The second kappa shape index (κ2) is 2.73. The molecule has 0 atom stereocenters. The summed E-state index contributed by atoms with van der Waals surface area (Å²) in [6.45, 7) is 3.94. The van der Waals surface area contributed by atoms with E-state index >= 15 is 0 Å². The first-order valence-electron chi connectivity index (χ1n) is 4.26. The van der Waals surface area contributed by atoms with Crippen LogP contribution in [-0.2, 0) is 4.79 Å². The van der Waals surface area contributed by atoms with Crippen LogP contribution in [0.2, 0.25) is 0 Å². The van der Waals surface area contributed by atoms with Crippen molar-refractivity contribution in [2.45, 2.75) is 33.1 Å². The Bertz CT molecular complexity index is 192. The van der Waals surface area contributed by atoms with Crippen molar-refractivity contribution < 1.29 is 15.0 Å². The molecule has 0 radical (unpaired) electrons. The van der Waals surface area contributed by atoms with Gasteiger partial charge in [0.05, 0.1) is 6.42 Å². The molecule has 0 bridgehead atoms. The van der Waals surface area contributed by atoms with Gasteiger partial charge in [0.25, 0.3) is 0 Å². The molecule has 0 unspecified atom stereocenters. The molecule has 0 aliphatic heterocycles. The van der Waals surface area contributed by atoms with Crippen molar-refractivity contribution in [3.05, 3.63) is 0 Å². The quantitative estimate of drug-likeness (QED) is 0.671. The van der Waals surface area contributed by atoms with Gasteiger partial charge in [-0.3, -0.25) is 4.79 Å². The number of hydrogen-bond acceptors (Lipinski definition) is 2. The lowest BCUT2D eigenvalue weighted by atomic mass is 9.74. The largest absolute Gasteiger partial charge is 0.481 e. The van der Waals surface area contributed by atoms with Crippen molar-refractivity contribution in [3.8, 4) is 0 Å². The number of aliphatic hydroxyl groups is 1. The zero-order chi connectivity index (χ0) is 9.41. The molecule has 0 spiro atoms. The molecule has 70 valence electrons. The highest BCUT2D eigenvalue weighted by atomic mass is 16.4. The van der Waals surface area contributed by atoms with E-state index in [-0.39, 0.29) is 23.9 Å². The molecule has 12 heavy (non-hydrogen) atoms. The van der Waals surface area contributed by atoms with Crippen LogP contribution in [0.1, 0.15) is 33.1 Å². The summed E-state index contributed by atoms with van der Waals surface area (Å²) in [6.07, 6.45) is 2.07. The predicted octanol–water partition coefficient (Wildman–Crippen LogP) is 1.26. The van der Waals surface area contributed by atoms with Gasteiger partial charge in [-0.05, 0) is 23.7 Å². The highest BCUT2D eigenvalue weighted by Crippen LogP contribution is 2.60. The molecule has 2 N–H and O–H groups in total. The highest BCUT2D eigenvalue weighted by Gasteiger charge is 2.54. The Labute approximate surface area is 72.4 Å². The minimum absolute atomic E-state index is 0.0697. The Balaban J connectivity index is 2.65. The maximum atomic E-state index is 10.5. The molecular formula is C9H16O3. The van der Waals surface area contributed by atoms with Crippen molar-refractivity contribution in [1.29, 1.82) is 0 Å². The van der Waals surface area contributed by atoms with E-state index in [4.69, 9.17) is 10.2 Å². The molecule has 0 aromatic heterocycles. The number of rotatable bonds is 4. The summed E-state index contributed by atoms with van der Waals surface area (Å²) in [4.78, 5) is 10.5. The second-order valence-corrected chi connectivity index (χ2v) is 4.39. The van der Waals surface area contributed by atoms with Crippen LogP contribution >= 0.6 is 0 Å². The molecule has 0 amide bonds. The van der Waals surface area contributed by atoms with Crippen LogP contribution in [-0.4, -0.2) is 22.8 Å². The summed E-state index contributed by atoms with van der Waals surface area (Å²) in [5.74, 6) is -0.756. The van der Waals surface area contributed by atoms with Crippen LogP contribution < -0.4 is 0 Å². The normalized spacial score (nSPS) is 20.6. The zero-order valence-electron chi connectivity index (χ0n) is 7.63. The Morgan fingerprint density at radius 2 is 2.00 bits per heavy atom. The first kappa shape index (κ1) is 9.52. The van der Waals surface area contributed by atoms with Gasteiger partial charge in [-0.2, -0.15) is 0 Å². The molecule has 0 aromatic rings. The summed E-state index contributed by atoms with van der Waals surface area (Å²) in [5, 5.41) is 17.8. The third-order valence-corrected chi connectivity index (χ3v) is 3.17. The molecule has 1 rings (SSSR count). The van der Waals surface area contributed by atoms with E-state index in [1.807, 2.05) is 13.8 Å². The van der Waals surface area contributed by atoms with E-state index < -0.39 is 5.97 Å².